The smallest absolute Gasteiger partial charge is 0.130 e. The average molecular weight is 269 g/mol. The van der Waals surface area contributed by atoms with Crippen LogP contribution in [-0.4, -0.2) is 19.3 Å². The summed E-state index contributed by atoms with van der Waals surface area (Å²) < 4.78 is 32.1. The highest BCUT2D eigenvalue weighted by atomic mass is 19.1. The first-order valence-electron chi connectivity index (χ1n) is 6.97. The Morgan fingerprint density at radius 2 is 2.05 bits per heavy atom. The second-order valence-corrected chi connectivity index (χ2v) is 5.12. The summed E-state index contributed by atoms with van der Waals surface area (Å²) >= 11 is 0. The number of rotatable bonds is 6. The summed E-state index contributed by atoms with van der Waals surface area (Å²) in [5, 5.41) is 3.20. The Morgan fingerprint density at radius 1 is 1.32 bits per heavy atom. The molecule has 0 aromatic heterocycles. The lowest BCUT2D eigenvalue weighted by Gasteiger charge is -2.16. The lowest BCUT2D eigenvalue weighted by Crippen LogP contribution is -2.25. The molecule has 0 saturated heterocycles. The van der Waals surface area contributed by atoms with E-state index in [4.69, 9.17) is 4.74 Å². The molecule has 1 aromatic carbocycles. The van der Waals surface area contributed by atoms with Crippen molar-refractivity contribution in [3.05, 3.63) is 35.4 Å². The third kappa shape index (κ3) is 4.25. The molecule has 2 nitrogen and oxygen atoms in total. The van der Waals surface area contributed by atoms with Crippen LogP contribution in [0.5, 0.6) is 0 Å². The maximum absolute atomic E-state index is 13.5. The van der Waals surface area contributed by atoms with Crippen molar-refractivity contribution in [3.63, 3.8) is 0 Å². The molecule has 1 unspecified atom stereocenters. The summed E-state index contributed by atoms with van der Waals surface area (Å²) in [5.74, 6) is -1.05. The first-order chi connectivity index (χ1) is 9.16. The Hall–Kier alpha value is -1.00. The zero-order valence-electron chi connectivity index (χ0n) is 11.3. The molecular formula is C15H21F2NO. The monoisotopic (exact) mass is 269 g/mol. The topological polar surface area (TPSA) is 21.3 Å². The van der Waals surface area contributed by atoms with E-state index in [2.05, 4.69) is 5.32 Å². The number of hydrogen-bond acceptors (Lipinski definition) is 2. The Balaban J connectivity index is 1.72. The predicted molar refractivity (Wildman–Crippen MR) is 71.0 cm³/mol. The zero-order chi connectivity index (χ0) is 13.7. The van der Waals surface area contributed by atoms with Gasteiger partial charge in [-0.1, -0.05) is 18.9 Å². The first kappa shape index (κ1) is 14.4. The van der Waals surface area contributed by atoms with Crippen molar-refractivity contribution in [3.8, 4) is 0 Å². The van der Waals surface area contributed by atoms with Crippen molar-refractivity contribution in [1.82, 2.24) is 5.32 Å². The highest BCUT2D eigenvalue weighted by molar-refractivity contribution is 5.21. The van der Waals surface area contributed by atoms with Gasteiger partial charge in [-0.05, 0) is 25.8 Å². The van der Waals surface area contributed by atoms with Crippen molar-refractivity contribution in [1.29, 1.82) is 0 Å². The normalized spacial score (nSPS) is 17.8. The van der Waals surface area contributed by atoms with E-state index in [1.165, 1.54) is 25.0 Å². The Morgan fingerprint density at radius 3 is 2.74 bits per heavy atom. The number of halogens is 2. The van der Waals surface area contributed by atoms with Gasteiger partial charge in [0.2, 0.25) is 0 Å². The molecule has 0 aliphatic heterocycles. The molecule has 0 spiro atoms. The number of hydrogen-bond donors (Lipinski definition) is 1. The molecule has 2 rings (SSSR count). The average Bonchev–Trinajstić information content (AvgIpc) is 2.87. The SMILES string of the molecule is CC(NCCOC1CCCC1)c1ccc(F)cc1F. The summed E-state index contributed by atoms with van der Waals surface area (Å²) in [6, 6.07) is 3.54. The molecule has 0 heterocycles. The molecule has 19 heavy (non-hydrogen) atoms. The van der Waals surface area contributed by atoms with Crippen LogP contribution in [-0.2, 0) is 4.74 Å². The molecule has 1 aliphatic carbocycles. The van der Waals surface area contributed by atoms with Gasteiger partial charge in [0.15, 0.2) is 0 Å². The van der Waals surface area contributed by atoms with Crippen LogP contribution in [0.25, 0.3) is 0 Å². The van der Waals surface area contributed by atoms with Crippen LogP contribution in [0.4, 0.5) is 8.78 Å². The summed E-state index contributed by atoms with van der Waals surface area (Å²) in [6.45, 7) is 3.18. The predicted octanol–water partition coefficient (Wildman–Crippen LogP) is 3.57. The van der Waals surface area contributed by atoms with Gasteiger partial charge in [0.05, 0.1) is 12.7 Å². The lowest BCUT2D eigenvalue weighted by atomic mass is 10.1. The summed E-state index contributed by atoms with van der Waals surface area (Å²) in [4.78, 5) is 0. The highest BCUT2D eigenvalue weighted by Crippen LogP contribution is 2.21. The zero-order valence-corrected chi connectivity index (χ0v) is 11.3. The Labute approximate surface area is 113 Å². The third-order valence-electron chi connectivity index (χ3n) is 3.64. The molecule has 1 fully saturated rings. The fraction of sp³-hybridized carbons (Fsp3) is 0.600. The number of ether oxygens (including phenoxy) is 1. The van der Waals surface area contributed by atoms with Crippen LogP contribution in [0, 0.1) is 11.6 Å². The van der Waals surface area contributed by atoms with Crippen LogP contribution >= 0.6 is 0 Å². The Bertz CT molecular complexity index is 405. The van der Waals surface area contributed by atoms with Gasteiger partial charge in [0, 0.05) is 24.2 Å². The number of benzene rings is 1. The van der Waals surface area contributed by atoms with Crippen LogP contribution < -0.4 is 5.32 Å². The largest absolute Gasteiger partial charge is 0.377 e. The highest BCUT2D eigenvalue weighted by Gasteiger charge is 2.15. The van der Waals surface area contributed by atoms with Crippen molar-refractivity contribution < 1.29 is 13.5 Å². The summed E-state index contributed by atoms with van der Waals surface area (Å²) in [6.07, 6.45) is 5.23. The minimum Gasteiger partial charge on any atom is -0.377 e. The second-order valence-electron chi connectivity index (χ2n) is 5.12. The Kier molecular flexibility index (Phi) is 5.28. The standard InChI is InChI=1S/C15H21F2NO/c1-11(14-7-6-12(16)10-15(14)17)18-8-9-19-13-4-2-3-5-13/h6-7,10-11,13,18H,2-5,8-9H2,1H3. The third-order valence-corrected chi connectivity index (χ3v) is 3.64. The van der Waals surface area contributed by atoms with Crippen molar-refractivity contribution in [2.24, 2.45) is 0 Å². The molecule has 1 N–H and O–H groups in total. The minimum atomic E-state index is -0.544. The van der Waals surface area contributed by atoms with E-state index in [-0.39, 0.29) is 6.04 Å². The van der Waals surface area contributed by atoms with Crippen LogP contribution in [0.2, 0.25) is 0 Å². The molecule has 1 aliphatic rings. The van der Waals surface area contributed by atoms with Gasteiger partial charge >= 0.3 is 0 Å². The van der Waals surface area contributed by atoms with Gasteiger partial charge in [0.1, 0.15) is 11.6 Å². The van der Waals surface area contributed by atoms with Crippen LogP contribution in [0.3, 0.4) is 0 Å². The molecule has 4 heteroatoms. The molecule has 1 saturated carbocycles. The molecule has 0 radical (unpaired) electrons. The second kappa shape index (κ2) is 6.96. The molecule has 106 valence electrons. The molecular weight excluding hydrogens is 248 g/mol. The lowest BCUT2D eigenvalue weighted by molar-refractivity contribution is 0.0593. The van der Waals surface area contributed by atoms with Gasteiger partial charge in [-0.25, -0.2) is 8.78 Å². The van der Waals surface area contributed by atoms with E-state index < -0.39 is 11.6 Å². The molecule has 0 amide bonds. The fourth-order valence-electron chi connectivity index (χ4n) is 2.52. The quantitative estimate of drug-likeness (QED) is 0.797. The maximum atomic E-state index is 13.5. The van der Waals surface area contributed by atoms with Crippen molar-refractivity contribution in [2.45, 2.75) is 44.8 Å². The summed E-state index contributed by atoms with van der Waals surface area (Å²) in [7, 11) is 0. The van der Waals surface area contributed by atoms with Crippen LogP contribution in [0.15, 0.2) is 18.2 Å². The van der Waals surface area contributed by atoms with Crippen molar-refractivity contribution >= 4 is 0 Å². The van der Waals surface area contributed by atoms with E-state index >= 15 is 0 Å². The maximum Gasteiger partial charge on any atom is 0.130 e. The van der Waals surface area contributed by atoms with Gasteiger partial charge in [0.25, 0.3) is 0 Å². The van der Waals surface area contributed by atoms with E-state index in [1.807, 2.05) is 6.92 Å². The van der Waals surface area contributed by atoms with E-state index in [0.717, 1.165) is 18.9 Å². The van der Waals surface area contributed by atoms with Crippen LogP contribution in [0.1, 0.15) is 44.2 Å². The van der Waals surface area contributed by atoms with Gasteiger partial charge in [-0.2, -0.15) is 0 Å². The van der Waals surface area contributed by atoms with Gasteiger partial charge in [-0.3, -0.25) is 0 Å². The van der Waals surface area contributed by atoms with Gasteiger partial charge < -0.3 is 10.1 Å². The molecule has 0 bridgehead atoms. The van der Waals surface area contributed by atoms with E-state index in [0.29, 0.717) is 24.8 Å². The van der Waals surface area contributed by atoms with E-state index in [1.54, 1.807) is 0 Å². The first-order valence-corrected chi connectivity index (χ1v) is 6.97. The molecule has 1 atom stereocenters. The molecule has 1 aromatic rings. The van der Waals surface area contributed by atoms with E-state index in [9.17, 15) is 8.78 Å². The minimum absolute atomic E-state index is 0.146. The summed E-state index contributed by atoms with van der Waals surface area (Å²) in [5.41, 5.74) is 0.488. The fourth-order valence-corrected chi connectivity index (χ4v) is 2.52. The van der Waals surface area contributed by atoms with Crippen molar-refractivity contribution in [2.75, 3.05) is 13.2 Å². The van der Waals surface area contributed by atoms with Gasteiger partial charge in [-0.15, -0.1) is 0 Å². The number of nitrogens with one attached hydrogen (secondary N) is 1.